The second kappa shape index (κ2) is 16.4. The first kappa shape index (κ1) is 38.0. The molecular weight excluding hydrogens is 714 g/mol. The number of aliphatic carboxylic acids is 1. The van der Waals surface area contributed by atoms with Gasteiger partial charge in [-0.25, -0.2) is 4.79 Å². The minimum absolute atomic E-state index is 0.0257. The summed E-state index contributed by atoms with van der Waals surface area (Å²) in [4.78, 5) is 80.3. The number of carbonyl (C=O) groups excluding carboxylic acids is 5. The molecule has 0 unspecified atom stereocenters. The summed E-state index contributed by atoms with van der Waals surface area (Å²) >= 11 is 6.07. The van der Waals surface area contributed by atoms with Crippen LogP contribution in [-0.2, 0) is 19.2 Å². The maximum atomic E-state index is 13.7. The number of unbranched alkanes of at least 4 members (excludes halogenated alkanes) is 1. The molecule has 0 spiro atoms. The highest BCUT2D eigenvalue weighted by atomic mass is 35.5. The van der Waals surface area contributed by atoms with Crippen LogP contribution in [0.4, 0.5) is 0 Å². The van der Waals surface area contributed by atoms with E-state index in [9.17, 15) is 54.3 Å². The minimum Gasteiger partial charge on any atom is -0.504 e. The zero-order valence-corrected chi connectivity index (χ0v) is 28.7. The number of nitrogens with zero attached hydrogens (tertiary/aromatic N) is 2. The number of hydrogen-bond acceptors (Lipinski definition) is 10. The maximum absolute atomic E-state index is 13.7. The molecule has 2 aliphatic rings. The number of allylic oxidation sites excluding steroid dienone is 1. The average molecular weight is 750 g/mol. The Labute approximate surface area is 307 Å². The van der Waals surface area contributed by atoms with E-state index in [2.05, 4.69) is 16.0 Å². The number of rotatable bonds is 14. The number of carbonyl (C=O) groups is 6. The van der Waals surface area contributed by atoms with Gasteiger partial charge in [0.1, 0.15) is 17.8 Å². The molecule has 1 saturated heterocycles. The fraction of sp³-hybridized carbons (Fsp3) is 0.278. The lowest BCUT2D eigenvalue weighted by molar-refractivity contribution is -0.156. The van der Waals surface area contributed by atoms with Gasteiger partial charge in [0, 0.05) is 18.1 Å². The summed E-state index contributed by atoms with van der Waals surface area (Å²) < 4.78 is 0. The molecule has 0 radical (unpaired) electrons. The lowest BCUT2D eigenvalue weighted by atomic mass is 9.86. The van der Waals surface area contributed by atoms with Gasteiger partial charge in [0.2, 0.25) is 11.8 Å². The van der Waals surface area contributed by atoms with E-state index in [0.717, 1.165) is 9.80 Å². The second-order valence-corrected chi connectivity index (χ2v) is 12.8. The Balaban J connectivity index is 1.27. The van der Waals surface area contributed by atoms with Crippen molar-refractivity contribution in [1.82, 2.24) is 25.8 Å². The topological polar surface area (TPSA) is 246 Å². The number of carboxylic acid groups (broad SMARTS) is 1. The fourth-order valence-electron chi connectivity index (χ4n) is 6.15. The number of fused-ring (bicyclic) bond motifs is 1. The van der Waals surface area contributed by atoms with E-state index in [0.29, 0.717) is 12.0 Å². The summed E-state index contributed by atoms with van der Waals surface area (Å²) in [5.41, 5.74) is -0.430. The van der Waals surface area contributed by atoms with Gasteiger partial charge < -0.3 is 46.4 Å². The average Bonchev–Trinajstić information content (AvgIpc) is 3.14. The number of nitrogens with one attached hydrogen (secondary N) is 3. The van der Waals surface area contributed by atoms with Gasteiger partial charge in [0.05, 0.1) is 23.7 Å². The Hall–Kier alpha value is -6.29. The molecule has 8 N–H and O–H groups in total. The van der Waals surface area contributed by atoms with Gasteiger partial charge in [-0.1, -0.05) is 54.1 Å². The van der Waals surface area contributed by atoms with E-state index in [-0.39, 0.29) is 54.2 Å². The zero-order valence-electron chi connectivity index (χ0n) is 28.0. The zero-order chi connectivity index (χ0) is 38.4. The quantitative estimate of drug-likeness (QED) is 0.0673. The minimum atomic E-state index is -1.37. The van der Waals surface area contributed by atoms with Crippen LogP contribution in [0.25, 0.3) is 0 Å². The number of phenols is 4. The first-order valence-electron chi connectivity index (χ1n) is 16.5. The van der Waals surface area contributed by atoms with E-state index < -0.39 is 83.2 Å². The van der Waals surface area contributed by atoms with Gasteiger partial charge in [-0.05, 0) is 55.5 Å². The Kier molecular flexibility index (Phi) is 11.7. The Morgan fingerprint density at radius 3 is 2.17 bits per heavy atom. The molecule has 278 valence electrons. The monoisotopic (exact) mass is 749 g/mol. The molecule has 0 aliphatic carbocycles. The highest BCUT2D eigenvalue weighted by molar-refractivity contribution is 6.32. The standard InChI is InChI=1S/C36H36ClN5O11/c37-22-14-15-23-28(35(51)42(23)29(22)36(52)53)40-33(49)27(19-8-2-1-3-9-19)39-26(45)18-41(34(50)21-11-7-13-25(44)31(21)47)17-5-4-16-38-32(48)20-10-6-12-24(43)30(20)46/h1-3,6-13,23,27-28,43-44,46-47H,4-5,14-18H2,(H,38,48)(H,39,45)(H,40,49)(H,52,53)/t23-,27+,28+/m1/s1. The van der Waals surface area contributed by atoms with E-state index in [1.807, 2.05) is 0 Å². The van der Waals surface area contributed by atoms with Crippen LogP contribution >= 0.6 is 11.6 Å². The fourth-order valence-corrected chi connectivity index (χ4v) is 6.43. The molecule has 16 nitrogen and oxygen atoms in total. The molecule has 3 aromatic rings. The first-order valence-corrected chi connectivity index (χ1v) is 16.9. The molecule has 3 atom stereocenters. The van der Waals surface area contributed by atoms with E-state index in [1.54, 1.807) is 30.3 Å². The SMILES string of the molecule is O=C(CN(CCCCNC(=O)c1cccc(O)c1O)C(=O)c1cccc(O)c1O)N[C@H](C(=O)N[C@@H]1C(=O)N2C(C(=O)O)=C(Cl)CC[C@H]12)c1ccccc1. The van der Waals surface area contributed by atoms with Crippen molar-refractivity contribution < 1.29 is 54.3 Å². The van der Waals surface area contributed by atoms with Crippen LogP contribution in [0, 0.1) is 0 Å². The van der Waals surface area contributed by atoms with Crippen molar-refractivity contribution in [3.63, 3.8) is 0 Å². The molecule has 2 aliphatic heterocycles. The van der Waals surface area contributed by atoms with Crippen LogP contribution in [0.2, 0.25) is 0 Å². The molecule has 0 saturated carbocycles. The van der Waals surface area contributed by atoms with Crippen molar-refractivity contribution in [2.75, 3.05) is 19.6 Å². The third kappa shape index (κ3) is 8.28. The van der Waals surface area contributed by atoms with Crippen LogP contribution in [0.3, 0.4) is 0 Å². The van der Waals surface area contributed by atoms with Crippen LogP contribution in [-0.4, -0.2) is 103 Å². The van der Waals surface area contributed by atoms with E-state index >= 15 is 0 Å². The normalized spacial score (nSPS) is 16.8. The predicted octanol–water partition coefficient (Wildman–Crippen LogP) is 2.04. The summed E-state index contributed by atoms with van der Waals surface area (Å²) in [5.74, 6) is -7.38. The van der Waals surface area contributed by atoms with Gasteiger partial charge in [0.15, 0.2) is 23.0 Å². The molecular formula is C36H36ClN5O11. The third-order valence-electron chi connectivity index (χ3n) is 8.84. The summed E-state index contributed by atoms with van der Waals surface area (Å²) in [6.07, 6.45) is 1.01. The maximum Gasteiger partial charge on any atom is 0.353 e. The van der Waals surface area contributed by atoms with Crippen LogP contribution in [0.5, 0.6) is 23.0 Å². The van der Waals surface area contributed by atoms with Crippen molar-refractivity contribution in [3.05, 3.63) is 94.1 Å². The Morgan fingerprint density at radius 2 is 1.51 bits per heavy atom. The van der Waals surface area contributed by atoms with Gasteiger partial charge in [-0.2, -0.15) is 0 Å². The lowest BCUT2D eigenvalue weighted by Crippen LogP contribution is -2.72. The van der Waals surface area contributed by atoms with E-state index in [1.165, 1.54) is 36.4 Å². The molecule has 3 aromatic carbocycles. The summed E-state index contributed by atoms with van der Waals surface area (Å²) in [6.45, 7) is -0.602. The second-order valence-electron chi connectivity index (χ2n) is 12.3. The molecule has 5 rings (SSSR count). The van der Waals surface area contributed by atoms with E-state index in [4.69, 9.17) is 11.6 Å². The number of halogens is 1. The number of aromatic hydroxyl groups is 4. The molecule has 1 fully saturated rings. The molecule has 5 amide bonds. The smallest absolute Gasteiger partial charge is 0.353 e. The van der Waals surface area contributed by atoms with Gasteiger partial charge in [-0.15, -0.1) is 0 Å². The van der Waals surface area contributed by atoms with Crippen molar-refractivity contribution >= 4 is 47.1 Å². The number of phenolic OH excluding ortho intramolecular Hbond substituents is 4. The molecule has 17 heteroatoms. The third-order valence-corrected chi connectivity index (χ3v) is 9.21. The molecule has 2 heterocycles. The van der Waals surface area contributed by atoms with Crippen LogP contribution < -0.4 is 16.0 Å². The largest absolute Gasteiger partial charge is 0.504 e. The summed E-state index contributed by atoms with van der Waals surface area (Å²) in [7, 11) is 0. The predicted molar refractivity (Wildman–Crippen MR) is 187 cm³/mol. The van der Waals surface area contributed by atoms with Crippen molar-refractivity contribution in [1.29, 1.82) is 0 Å². The van der Waals surface area contributed by atoms with Crippen LogP contribution in [0.1, 0.15) is 58.0 Å². The van der Waals surface area contributed by atoms with Crippen molar-refractivity contribution in [2.45, 2.75) is 43.8 Å². The number of amides is 5. The van der Waals surface area contributed by atoms with Crippen molar-refractivity contribution in [2.24, 2.45) is 0 Å². The lowest BCUT2D eigenvalue weighted by Gasteiger charge is -2.49. The van der Waals surface area contributed by atoms with Crippen LogP contribution in [0.15, 0.2) is 77.5 Å². The first-order chi connectivity index (χ1) is 25.3. The molecule has 0 aromatic heterocycles. The summed E-state index contributed by atoms with van der Waals surface area (Å²) in [5, 5.41) is 57.5. The van der Waals surface area contributed by atoms with Crippen molar-refractivity contribution in [3.8, 4) is 23.0 Å². The van der Waals surface area contributed by atoms with Gasteiger partial charge in [0.25, 0.3) is 17.7 Å². The Morgan fingerprint density at radius 1 is 0.868 bits per heavy atom. The highest BCUT2D eigenvalue weighted by Gasteiger charge is 2.53. The van der Waals surface area contributed by atoms with Gasteiger partial charge >= 0.3 is 5.97 Å². The number of carboxylic acids is 1. The Bertz CT molecular complexity index is 1970. The molecule has 0 bridgehead atoms. The molecule has 53 heavy (non-hydrogen) atoms. The van der Waals surface area contributed by atoms with Gasteiger partial charge in [-0.3, -0.25) is 28.9 Å². The number of hydrogen-bond donors (Lipinski definition) is 8. The highest BCUT2D eigenvalue weighted by Crippen LogP contribution is 2.38. The number of β-lactam (4-membered cyclic amide) rings is 1. The number of para-hydroxylation sites is 2. The number of benzene rings is 3. The summed E-state index contributed by atoms with van der Waals surface area (Å²) in [6, 6.07) is 12.7.